The van der Waals surface area contributed by atoms with Gasteiger partial charge in [-0.05, 0) is 51.0 Å². The topological polar surface area (TPSA) is 36.9 Å². The van der Waals surface area contributed by atoms with Crippen LogP contribution in [0.4, 0.5) is 0 Å². The molecular weight excluding hydrogens is 232 g/mol. The fourth-order valence-electron chi connectivity index (χ4n) is 2.83. The number of aromatic amines is 1. The van der Waals surface area contributed by atoms with E-state index in [1.54, 1.807) is 0 Å². The van der Waals surface area contributed by atoms with Crippen LogP contribution in [0.15, 0.2) is 0 Å². The van der Waals surface area contributed by atoms with Crippen molar-refractivity contribution in [1.82, 2.24) is 19.7 Å². The van der Waals surface area contributed by atoms with E-state index < -0.39 is 0 Å². The lowest BCUT2D eigenvalue weighted by Crippen LogP contribution is -2.36. The number of H-pyrrole nitrogens is 1. The molecule has 1 unspecified atom stereocenters. The van der Waals surface area contributed by atoms with Gasteiger partial charge < -0.3 is 4.90 Å². The van der Waals surface area contributed by atoms with Gasteiger partial charge in [0.05, 0.1) is 6.04 Å². The van der Waals surface area contributed by atoms with Crippen LogP contribution < -0.4 is 0 Å². The molecule has 0 amide bonds. The molecule has 0 bridgehead atoms. The Bertz CT molecular complexity index is 446. The molecule has 0 spiro atoms. The van der Waals surface area contributed by atoms with Crippen LogP contribution in [0, 0.1) is 4.77 Å². The molecule has 4 nitrogen and oxygen atoms in total. The van der Waals surface area contributed by atoms with Crippen LogP contribution in [0.25, 0.3) is 0 Å². The zero-order chi connectivity index (χ0) is 11.8. The second-order valence-electron chi connectivity index (χ2n) is 5.22. The van der Waals surface area contributed by atoms with Crippen molar-refractivity contribution in [1.29, 1.82) is 0 Å². The molecule has 1 saturated carbocycles. The van der Waals surface area contributed by atoms with E-state index in [2.05, 4.69) is 26.6 Å². The Morgan fingerprint density at radius 2 is 2.24 bits per heavy atom. The molecule has 1 aromatic heterocycles. The molecule has 3 rings (SSSR count). The number of aromatic nitrogens is 3. The fraction of sp³-hybridized carbons (Fsp3) is 0.833. The van der Waals surface area contributed by atoms with Gasteiger partial charge >= 0.3 is 0 Å². The van der Waals surface area contributed by atoms with Gasteiger partial charge in [0.2, 0.25) is 0 Å². The summed E-state index contributed by atoms with van der Waals surface area (Å²) in [5.41, 5.74) is 0. The second-order valence-corrected chi connectivity index (χ2v) is 5.61. The molecule has 17 heavy (non-hydrogen) atoms. The number of piperidine rings is 1. The van der Waals surface area contributed by atoms with Gasteiger partial charge in [0.25, 0.3) is 0 Å². The highest BCUT2D eigenvalue weighted by molar-refractivity contribution is 7.71. The minimum absolute atomic E-state index is 0.533. The Kier molecular flexibility index (Phi) is 3.04. The molecule has 2 aliphatic rings. The first-order valence-corrected chi connectivity index (χ1v) is 7.09. The Morgan fingerprint density at radius 3 is 2.94 bits per heavy atom. The number of likely N-dealkylation sites (N-methyl/N-ethyl adjacent to an activating group) is 1. The molecular formula is C12H20N4S. The lowest BCUT2D eigenvalue weighted by molar-refractivity contribution is 0.182. The molecule has 5 heteroatoms. The van der Waals surface area contributed by atoms with Gasteiger partial charge in [0, 0.05) is 12.5 Å². The number of likely N-dealkylation sites (tertiary alicyclic amines) is 1. The van der Waals surface area contributed by atoms with E-state index in [0.29, 0.717) is 12.0 Å². The molecule has 1 aliphatic carbocycles. The third kappa shape index (κ3) is 2.18. The zero-order valence-corrected chi connectivity index (χ0v) is 11.2. The van der Waals surface area contributed by atoms with E-state index in [1.165, 1.54) is 38.1 Å². The third-order valence-corrected chi connectivity index (χ3v) is 4.26. The Labute approximate surface area is 107 Å². The van der Waals surface area contributed by atoms with Crippen LogP contribution in [-0.2, 0) is 0 Å². The molecule has 0 radical (unpaired) electrons. The van der Waals surface area contributed by atoms with Crippen LogP contribution in [0.3, 0.4) is 0 Å². The van der Waals surface area contributed by atoms with Crippen molar-refractivity contribution < 1.29 is 0 Å². The highest BCUT2D eigenvalue weighted by Crippen LogP contribution is 2.40. The molecule has 1 aliphatic heterocycles. The number of rotatable bonds is 3. The molecule has 1 N–H and O–H groups in total. The van der Waals surface area contributed by atoms with Crippen LogP contribution >= 0.6 is 12.2 Å². The second kappa shape index (κ2) is 4.53. The van der Waals surface area contributed by atoms with E-state index in [4.69, 9.17) is 12.2 Å². The largest absolute Gasteiger partial charge is 0.302 e. The maximum absolute atomic E-state index is 5.40. The molecule has 1 saturated heterocycles. The van der Waals surface area contributed by atoms with Gasteiger partial charge in [-0.25, -0.2) is 0 Å². The summed E-state index contributed by atoms with van der Waals surface area (Å²) in [5.74, 6) is 1.87. The fourth-order valence-corrected chi connectivity index (χ4v) is 3.12. The van der Waals surface area contributed by atoms with Gasteiger partial charge in [0.1, 0.15) is 5.82 Å². The summed E-state index contributed by atoms with van der Waals surface area (Å²) in [6, 6.07) is 0.533. The summed E-state index contributed by atoms with van der Waals surface area (Å²) in [4.78, 5) is 2.51. The van der Waals surface area contributed by atoms with Crippen molar-refractivity contribution in [3.05, 3.63) is 10.6 Å². The van der Waals surface area contributed by atoms with Gasteiger partial charge in [-0.2, -0.15) is 5.10 Å². The highest BCUT2D eigenvalue weighted by Gasteiger charge is 2.32. The van der Waals surface area contributed by atoms with Crippen molar-refractivity contribution >= 4 is 12.2 Å². The van der Waals surface area contributed by atoms with Crippen LogP contribution in [-0.4, -0.2) is 39.3 Å². The maximum atomic E-state index is 5.40. The number of nitrogens with one attached hydrogen (secondary N) is 1. The zero-order valence-electron chi connectivity index (χ0n) is 10.4. The highest BCUT2D eigenvalue weighted by atomic mass is 32.1. The predicted molar refractivity (Wildman–Crippen MR) is 69.8 cm³/mol. The first kappa shape index (κ1) is 11.4. The summed E-state index contributed by atoms with van der Waals surface area (Å²) in [5, 5.41) is 7.42. The van der Waals surface area contributed by atoms with E-state index in [1.807, 2.05) is 0 Å². The summed E-state index contributed by atoms with van der Waals surface area (Å²) in [6.07, 6.45) is 5.08. The van der Waals surface area contributed by atoms with Crippen LogP contribution in [0.1, 0.15) is 50.4 Å². The maximum Gasteiger partial charge on any atom is 0.195 e. The van der Waals surface area contributed by atoms with Gasteiger partial charge in [-0.15, -0.1) is 0 Å². The van der Waals surface area contributed by atoms with Crippen LogP contribution in [0.2, 0.25) is 0 Å². The first-order chi connectivity index (χ1) is 8.29. The molecule has 1 aromatic rings. The molecule has 94 valence electrons. The van der Waals surface area contributed by atoms with E-state index >= 15 is 0 Å². The predicted octanol–water partition coefficient (Wildman–Crippen LogP) is 2.47. The summed E-state index contributed by atoms with van der Waals surface area (Å²) >= 11 is 5.40. The molecule has 1 atom stereocenters. The SMILES string of the molecule is CCN1CCCC(n2c(C3CC3)n[nH]c2=S)C1. The van der Waals surface area contributed by atoms with Crippen molar-refractivity contribution in [3.63, 3.8) is 0 Å². The lowest BCUT2D eigenvalue weighted by Gasteiger charge is -2.33. The summed E-state index contributed by atoms with van der Waals surface area (Å²) in [6.45, 7) is 5.74. The van der Waals surface area contributed by atoms with E-state index in [-0.39, 0.29) is 0 Å². The van der Waals surface area contributed by atoms with Gasteiger partial charge in [-0.3, -0.25) is 9.67 Å². The van der Waals surface area contributed by atoms with Crippen LogP contribution in [0.5, 0.6) is 0 Å². The van der Waals surface area contributed by atoms with E-state index in [0.717, 1.165) is 17.9 Å². The minimum Gasteiger partial charge on any atom is -0.302 e. The quantitative estimate of drug-likeness (QED) is 0.840. The Morgan fingerprint density at radius 1 is 1.41 bits per heavy atom. The normalized spacial score (nSPS) is 26.3. The smallest absolute Gasteiger partial charge is 0.195 e. The lowest BCUT2D eigenvalue weighted by atomic mass is 10.1. The average molecular weight is 252 g/mol. The molecule has 2 heterocycles. The molecule has 2 fully saturated rings. The average Bonchev–Trinajstić information content (AvgIpc) is 3.13. The van der Waals surface area contributed by atoms with Crippen molar-refractivity contribution in [3.8, 4) is 0 Å². The summed E-state index contributed by atoms with van der Waals surface area (Å²) in [7, 11) is 0. The van der Waals surface area contributed by atoms with Crippen molar-refractivity contribution in [2.45, 2.75) is 44.6 Å². The number of nitrogens with zero attached hydrogens (tertiary/aromatic N) is 3. The van der Waals surface area contributed by atoms with Gasteiger partial charge in [-0.1, -0.05) is 6.92 Å². The minimum atomic E-state index is 0.533. The Balaban J connectivity index is 1.87. The molecule has 0 aromatic carbocycles. The number of hydrogen-bond acceptors (Lipinski definition) is 3. The standard InChI is InChI=1S/C12H20N4S/c1-2-15-7-3-4-10(8-15)16-11(9-5-6-9)13-14-12(16)17/h9-10H,2-8H2,1H3,(H,14,17). The number of hydrogen-bond donors (Lipinski definition) is 1. The third-order valence-electron chi connectivity index (χ3n) is 3.97. The van der Waals surface area contributed by atoms with E-state index in [9.17, 15) is 0 Å². The monoisotopic (exact) mass is 252 g/mol. The first-order valence-electron chi connectivity index (χ1n) is 6.68. The summed E-state index contributed by atoms with van der Waals surface area (Å²) < 4.78 is 3.12. The Hall–Kier alpha value is -0.680. The van der Waals surface area contributed by atoms with Crippen molar-refractivity contribution in [2.24, 2.45) is 0 Å². The van der Waals surface area contributed by atoms with Crippen molar-refractivity contribution in [2.75, 3.05) is 19.6 Å². The van der Waals surface area contributed by atoms with Gasteiger partial charge in [0.15, 0.2) is 4.77 Å².